The van der Waals surface area contributed by atoms with E-state index in [1.54, 1.807) is 0 Å². The van der Waals surface area contributed by atoms with Gasteiger partial charge < -0.3 is 15.5 Å². The number of hydrogen-bond donors (Lipinski definition) is 3. The molecule has 0 bridgehead atoms. The van der Waals surface area contributed by atoms with Crippen molar-refractivity contribution in [2.75, 3.05) is 6.54 Å². The summed E-state index contributed by atoms with van der Waals surface area (Å²) < 4.78 is 26.0. The van der Waals surface area contributed by atoms with Gasteiger partial charge >= 0.3 is 0 Å². The van der Waals surface area contributed by atoms with Crippen molar-refractivity contribution in [3.63, 3.8) is 0 Å². The molecule has 1 amide bonds. The average Bonchev–Trinajstić information content (AvgIpc) is 2.36. The number of benzene rings is 2. The van der Waals surface area contributed by atoms with Crippen molar-refractivity contribution in [3.8, 4) is 11.5 Å². The fourth-order valence-corrected chi connectivity index (χ4v) is 1.90. The molecule has 2 aromatic carbocycles. The molecule has 110 valence electrons. The molecular formula is C15H13F2NO3. The zero-order valence-corrected chi connectivity index (χ0v) is 10.9. The van der Waals surface area contributed by atoms with Crippen molar-refractivity contribution < 1.29 is 23.8 Å². The number of phenolic OH excluding ortho intramolecular Hbond substituents is 2. The van der Waals surface area contributed by atoms with Crippen LogP contribution < -0.4 is 5.32 Å². The molecule has 0 aromatic heterocycles. The van der Waals surface area contributed by atoms with Crippen LogP contribution in [0, 0.1) is 11.6 Å². The molecule has 2 rings (SSSR count). The number of rotatable bonds is 4. The number of phenols is 2. The van der Waals surface area contributed by atoms with E-state index in [-0.39, 0.29) is 30.0 Å². The lowest BCUT2D eigenvalue weighted by Crippen LogP contribution is -2.25. The van der Waals surface area contributed by atoms with E-state index in [0.29, 0.717) is 5.56 Å². The summed E-state index contributed by atoms with van der Waals surface area (Å²) in [6.07, 6.45) is 0.255. The molecule has 0 saturated heterocycles. The van der Waals surface area contributed by atoms with Crippen molar-refractivity contribution in [1.82, 2.24) is 5.32 Å². The highest BCUT2D eigenvalue weighted by molar-refractivity contribution is 5.95. The molecule has 3 N–H and O–H groups in total. The van der Waals surface area contributed by atoms with Gasteiger partial charge in [-0.2, -0.15) is 0 Å². The van der Waals surface area contributed by atoms with E-state index in [0.717, 1.165) is 12.1 Å². The molecule has 2 aromatic rings. The summed E-state index contributed by atoms with van der Waals surface area (Å²) in [5.41, 5.74) is 0.518. The molecule has 0 spiro atoms. The third kappa shape index (κ3) is 4.17. The summed E-state index contributed by atoms with van der Waals surface area (Å²) >= 11 is 0. The quantitative estimate of drug-likeness (QED) is 0.810. The highest BCUT2D eigenvalue weighted by atomic mass is 19.1. The zero-order chi connectivity index (χ0) is 15.4. The molecule has 0 aliphatic carbocycles. The molecule has 0 saturated carbocycles. The Balaban J connectivity index is 1.95. The minimum absolute atomic E-state index is 0.0953. The summed E-state index contributed by atoms with van der Waals surface area (Å²) in [6, 6.07) is 6.67. The fourth-order valence-electron chi connectivity index (χ4n) is 1.90. The van der Waals surface area contributed by atoms with Gasteiger partial charge in [0.2, 0.25) is 0 Å². The Hall–Kier alpha value is -2.63. The Kier molecular flexibility index (Phi) is 4.37. The van der Waals surface area contributed by atoms with E-state index in [2.05, 4.69) is 5.32 Å². The Bertz CT molecular complexity index is 633. The molecule has 0 fully saturated rings. The number of carbonyl (C=O) groups excluding carboxylic acids is 1. The summed E-state index contributed by atoms with van der Waals surface area (Å²) in [5.74, 6) is -2.30. The summed E-state index contributed by atoms with van der Waals surface area (Å²) in [6.45, 7) is 0.165. The molecule has 6 heteroatoms. The minimum Gasteiger partial charge on any atom is -0.508 e. The lowest BCUT2D eigenvalue weighted by molar-refractivity contribution is 0.0953. The Morgan fingerprint density at radius 3 is 2.10 bits per heavy atom. The second-order valence-electron chi connectivity index (χ2n) is 4.52. The topological polar surface area (TPSA) is 69.6 Å². The molecule has 0 heterocycles. The molecule has 0 radical (unpaired) electrons. The fraction of sp³-hybridized carbons (Fsp3) is 0.133. The van der Waals surface area contributed by atoms with Crippen molar-refractivity contribution in [3.05, 3.63) is 59.2 Å². The van der Waals surface area contributed by atoms with Gasteiger partial charge in [-0.05, 0) is 36.2 Å². The van der Waals surface area contributed by atoms with Crippen LogP contribution in [0.2, 0.25) is 0 Å². The van der Waals surface area contributed by atoms with Gasteiger partial charge in [-0.25, -0.2) is 8.78 Å². The van der Waals surface area contributed by atoms with Crippen LogP contribution in [0.4, 0.5) is 8.78 Å². The number of aromatic hydroxyl groups is 2. The van der Waals surface area contributed by atoms with Crippen LogP contribution in [0.5, 0.6) is 11.5 Å². The monoisotopic (exact) mass is 293 g/mol. The number of halogens is 2. The maximum atomic E-state index is 13.0. The Labute approximate surface area is 119 Å². The first-order valence-electron chi connectivity index (χ1n) is 6.20. The van der Waals surface area contributed by atoms with Gasteiger partial charge in [0.15, 0.2) is 0 Å². The van der Waals surface area contributed by atoms with E-state index >= 15 is 0 Å². The van der Waals surface area contributed by atoms with E-state index in [1.807, 2.05) is 0 Å². The minimum atomic E-state index is -0.672. The van der Waals surface area contributed by atoms with Crippen LogP contribution in [-0.4, -0.2) is 22.7 Å². The normalized spacial score (nSPS) is 10.4. The molecule has 4 nitrogen and oxygen atoms in total. The van der Waals surface area contributed by atoms with Crippen molar-refractivity contribution in [1.29, 1.82) is 0 Å². The second kappa shape index (κ2) is 6.21. The van der Waals surface area contributed by atoms with Crippen LogP contribution in [0.3, 0.4) is 0 Å². The third-order valence-corrected chi connectivity index (χ3v) is 2.79. The molecule has 0 atom stereocenters. The van der Waals surface area contributed by atoms with E-state index in [1.165, 1.54) is 24.3 Å². The van der Waals surface area contributed by atoms with Crippen LogP contribution in [0.1, 0.15) is 15.9 Å². The maximum Gasteiger partial charge on any atom is 0.251 e. The summed E-state index contributed by atoms with van der Waals surface area (Å²) in [5, 5.41) is 21.1. The lowest BCUT2D eigenvalue weighted by atomic mass is 10.1. The number of carbonyl (C=O) groups is 1. The molecule has 0 unspecified atom stereocenters. The SMILES string of the molecule is O=C(NCCc1cc(F)cc(F)c1)c1cc(O)cc(O)c1. The van der Waals surface area contributed by atoms with E-state index in [4.69, 9.17) is 0 Å². The third-order valence-electron chi connectivity index (χ3n) is 2.79. The molecule has 0 aliphatic heterocycles. The molecule has 0 aliphatic rings. The van der Waals surface area contributed by atoms with E-state index in [9.17, 15) is 23.8 Å². The van der Waals surface area contributed by atoms with Gasteiger partial charge in [0.05, 0.1) is 0 Å². The van der Waals surface area contributed by atoms with Crippen LogP contribution in [0.25, 0.3) is 0 Å². The van der Waals surface area contributed by atoms with Gasteiger partial charge in [0.25, 0.3) is 5.91 Å². The molecule has 21 heavy (non-hydrogen) atoms. The highest BCUT2D eigenvalue weighted by Gasteiger charge is 2.08. The predicted octanol–water partition coefficient (Wildman–Crippen LogP) is 2.35. The Morgan fingerprint density at radius 1 is 0.952 bits per heavy atom. The van der Waals surface area contributed by atoms with Gasteiger partial charge in [0, 0.05) is 24.2 Å². The van der Waals surface area contributed by atoms with Gasteiger partial charge in [-0.3, -0.25) is 4.79 Å². The smallest absolute Gasteiger partial charge is 0.251 e. The van der Waals surface area contributed by atoms with Gasteiger partial charge in [-0.1, -0.05) is 0 Å². The maximum absolute atomic E-state index is 13.0. The number of nitrogens with one attached hydrogen (secondary N) is 1. The van der Waals surface area contributed by atoms with Crippen LogP contribution in [-0.2, 0) is 6.42 Å². The van der Waals surface area contributed by atoms with Crippen molar-refractivity contribution >= 4 is 5.91 Å². The first-order chi connectivity index (χ1) is 9.94. The first-order valence-corrected chi connectivity index (χ1v) is 6.20. The summed E-state index contributed by atoms with van der Waals surface area (Å²) in [4.78, 5) is 11.8. The highest BCUT2D eigenvalue weighted by Crippen LogP contribution is 2.20. The first kappa shape index (κ1) is 14.8. The second-order valence-corrected chi connectivity index (χ2v) is 4.52. The predicted molar refractivity (Wildman–Crippen MR) is 72.2 cm³/mol. The molecular weight excluding hydrogens is 280 g/mol. The van der Waals surface area contributed by atoms with Crippen LogP contribution in [0.15, 0.2) is 36.4 Å². The number of hydrogen-bond acceptors (Lipinski definition) is 3. The zero-order valence-electron chi connectivity index (χ0n) is 10.9. The van der Waals surface area contributed by atoms with Gasteiger partial charge in [0.1, 0.15) is 23.1 Å². The van der Waals surface area contributed by atoms with Crippen molar-refractivity contribution in [2.24, 2.45) is 0 Å². The van der Waals surface area contributed by atoms with Crippen molar-refractivity contribution in [2.45, 2.75) is 6.42 Å². The van der Waals surface area contributed by atoms with E-state index < -0.39 is 17.5 Å². The number of amides is 1. The standard InChI is InChI=1S/C15H13F2NO3/c16-11-3-9(4-12(17)7-11)1-2-18-15(21)10-5-13(19)8-14(20)6-10/h3-8,19-20H,1-2H2,(H,18,21). The largest absolute Gasteiger partial charge is 0.508 e. The summed E-state index contributed by atoms with van der Waals surface area (Å²) in [7, 11) is 0. The van der Waals surface area contributed by atoms with Crippen LogP contribution >= 0.6 is 0 Å². The van der Waals surface area contributed by atoms with Gasteiger partial charge in [-0.15, -0.1) is 0 Å². The Morgan fingerprint density at radius 2 is 1.52 bits per heavy atom. The lowest BCUT2D eigenvalue weighted by Gasteiger charge is -2.07. The average molecular weight is 293 g/mol.